The fourth-order valence-electron chi connectivity index (χ4n) is 10.1. The zero-order valence-electron chi connectivity index (χ0n) is 42.0. The Morgan fingerprint density at radius 2 is 1.67 bits per heavy atom. The van der Waals surface area contributed by atoms with Gasteiger partial charge in [0, 0.05) is 76.9 Å². The van der Waals surface area contributed by atoms with Crippen LogP contribution in [0.5, 0.6) is 5.88 Å². The van der Waals surface area contributed by atoms with Crippen LogP contribution in [0.25, 0.3) is 26.6 Å². The first-order chi connectivity index (χ1) is 34.9. The molecule has 16 nitrogen and oxygen atoms in total. The van der Waals surface area contributed by atoms with E-state index in [4.69, 9.17) is 26.4 Å². The van der Waals surface area contributed by atoms with Gasteiger partial charge in [0.2, 0.25) is 23.6 Å². The molecule has 73 heavy (non-hydrogen) atoms. The topological polar surface area (TPSA) is 195 Å². The Kier molecular flexibility index (Phi) is 13.7. The van der Waals surface area contributed by atoms with Crippen LogP contribution in [0.1, 0.15) is 116 Å². The number of hydrogen-bond donors (Lipinski definition) is 3. The first kappa shape index (κ1) is 50.0. The summed E-state index contributed by atoms with van der Waals surface area (Å²) in [6.07, 6.45) is 5.61. The van der Waals surface area contributed by atoms with Gasteiger partial charge in [0.1, 0.15) is 35.1 Å². The highest BCUT2D eigenvalue weighted by Gasteiger charge is 2.45. The van der Waals surface area contributed by atoms with Crippen molar-refractivity contribution in [2.24, 2.45) is 10.4 Å². The van der Waals surface area contributed by atoms with Crippen molar-refractivity contribution in [2.45, 2.75) is 123 Å². The Hall–Kier alpha value is -6.60. The Balaban J connectivity index is 0.772. The molecular formula is C54H58ClN11O5S2. The third kappa shape index (κ3) is 10.1. The standard InChI is InChI=1S/C54H58ClN11O5S2/c1-28-31(4)73-53-46(28)47(34-13-15-38(55)16-14-34)61-42(50-63-62-32(5)66(50)53)23-44(68)60-39-20-41(21-39)71-45-19-36(17-18-56-45)37-24-58-65(25-37)49(54(6,7)8)52(70)64-26-40(67)22-43(64)51(69)59-29(2)33-9-11-35(12-10-33)48-30(3)57-27-72-48/h9-19,24-25,27,29,39-43,49,67H,20-23,26H2,1-8H3,(H,59,69)(H,60,68)/t29-,39?,40+,41?,42-,43-,49?/m0/s1. The number of ether oxygens (including phenoxy) is 1. The Bertz CT molecular complexity index is 3240. The molecule has 2 aliphatic heterocycles. The quantitative estimate of drug-likeness (QED) is 0.100. The van der Waals surface area contributed by atoms with E-state index >= 15 is 0 Å². The van der Waals surface area contributed by atoms with E-state index in [1.165, 1.54) is 9.78 Å². The van der Waals surface area contributed by atoms with Gasteiger partial charge < -0.3 is 25.4 Å². The van der Waals surface area contributed by atoms with E-state index in [-0.39, 0.29) is 55.3 Å². The van der Waals surface area contributed by atoms with Crippen molar-refractivity contribution >= 4 is 57.7 Å². The molecule has 3 aliphatic rings. The van der Waals surface area contributed by atoms with E-state index in [1.54, 1.807) is 39.7 Å². The summed E-state index contributed by atoms with van der Waals surface area (Å²) >= 11 is 9.54. The normalized spacial score (nSPS) is 20.3. The number of rotatable bonds is 13. The summed E-state index contributed by atoms with van der Waals surface area (Å²) in [5.41, 5.74) is 9.55. The number of carbonyl (C=O) groups excluding carboxylic acids is 3. The molecule has 3 N–H and O–H groups in total. The number of amides is 3. The summed E-state index contributed by atoms with van der Waals surface area (Å²) < 4.78 is 10.0. The molecule has 0 spiro atoms. The molecule has 2 aromatic carbocycles. The fourth-order valence-corrected chi connectivity index (χ4v) is 12.2. The van der Waals surface area contributed by atoms with Crippen molar-refractivity contribution in [3.63, 3.8) is 0 Å². The average molecular weight is 1040 g/mol. The molecule has 2 fully saturated rings. The minimum Gasteiger partial charge on any atom is -0.474 e. The van der Waals surface area contributed by atoms with Crippen LogP contribution in [0.15, 0.2) is 89.8 Å². The monoisotopic (exact) mass is 1040 g/mol. The number of pyridine rings is 1. The van der Waals surface area contributed by atoms with Crippen LogP contribution in [0.4, 0.5) is 0 Å². The first-order valence-corrected chi connectivity index (χ1v) is 26.6. The number of β-amino-alcohol motifs (C(OH)–C–C–N with tert-alkyl or cyclic N) is 1. The molecule has 0 bridgehead atoms. The van der Waals surface area contributed by atoms with Crippen LogP contribution in [0, 0.1) is 33.1 Å². The minimum atomic E-state index is -0.857. The lowest BCUT2D eigenvalue weighted by Gasteiger charge is -2.35. The molecule has 3 amide bonds. The number of halogens is 1. The van der Waals surface area contributed by atoms with Crippen molar-refractivity contribution in [2.75, 3.05) is 6.54 Å². The molecule has 0 radical (unpaired) electrons. The highest BCUT2D eigenvalue weighted by atomic mass is 35.5. The molecule has 7 heterocycles. The van der Waals surface area contributed by atoms with Crippen LogP contribution >= 0.6 is 34.3 Å². The van der Waals surface area contributed by atoms with Gasteiger partial charge in [-0.3, -0.25) is 28.6 Å². The number of thiazole rings is 1. The maximum absolute atomic E-state index is 14.6. The number of aliphatic hydroxyl groups is 1. The van der Waals surface area contributed by atoms with E-state index in [2.05, 4.69) is 44.6 Å². The number of thiophene rings is 1. The third-order valence-corrected chi connectivity index (χ3v) is 16.5. The maximum Gasteiger partial charge on any atom is 0.248 e. The molecule has 5 atom stereocenters. The summed E-state index contributed by atoms with van der Waals surface area (Å²) in [4.78, 5) is 60.2. The molecular weight excluding hydrogens is 982 g/mol. The molecule has 19 heteroatoms. The fraction of sp³-hybridized carbons (Fsp3) is 0.389. The number of likely N-dealkylation sites (tertiary alicyclic amines) is 1. The third-order valence-electron chi connectivity index (χ3n) is 14.1. The molecule has 5 aromatic heterocycles. The van der Waals surface area contributed by atoms with Gasteiger partial charge in [0.05, 0.1) is 46.6 Å². The van der Waals surface area contributed by atoms with Crippen LogP contribution in [-0.2, 0) is 14.4 Å². The van der Waals surface area contributed by atoms with Gasteiger partial charge in [-0.15, -0.1) is 32.9 Å². The second-order valence-corrected chi connectivity index (χ2v) is 23.0. The van der Waals surface area contributed by atoms with E-state index in [0.29, 0.717) is 29.6 Å². The highest BCUT2D eigenvalue weighted by Crippen LogP contribution is 2.41. The van der Waals surface area contributed by atoms with E-state index in [9.17, 15) is 19.5 Å². The number of benzene rings is 2. The summed E-state index contributed by atoms with van der Waals surface area (Å²) in [5, 5.41) is 32.4. The Morgan fingerprint density at radius 1 is 0.932 bits per heavy atom. The van der Waals surface area contributed by atoms with Crippen molar-refractivity contribution in [3.8, 4) is 32.4 Å². The van der Waals surface area contributed by atoms with Crippen molar-refractivity contribution in [3.05, 3.63) is 134 Å². The van der Waals surface area contributed by atoms with E-state index < -0.39 is 29.6 Å². The summed E-state index contributed by atoms with van der Waals surface area (Å²) in [5.74, 6) is 1.02. The van der Waals surface area contributed by atoms with Gasteiger partial charge >= 0.3 is 0 Å². The number of aryl methyl sites for hydroxylation is 3. The predicted molar refractivity (Wildman–Crippen MR) is 282 cm³/mol. The molecule has 1 saturated heterocycles. The van der Waals surface area contributed by atoms with Crippen molar-refractivity contribution < 1.29 is 24.2 Å². The van der Waals surface area contributed by atoms with Gasteiger partial charge in [0.25, 0.3) is 0 Å². The van der Waals surface area contributed by atoms with Crippen LogP contribution in [-0.4, -0.2) is 98.8 Å². The second-order valence-electron chi connectivity index (χ2n) is 20.5. The lowest BCUT2D eigenvalue weighted by molar-refractivity contribution is -0.144. The number of aliphatic imine (C=N–C) groups is 1. The second kappa shape index (κ2) is 20.0. The number of carbonyl (C=O) groups is 3. The van der Waals surface area contributed by atoms with Gasteiger partial charge in [-0.05, 0) is 80.5 Å². The summed E-state index contributed by atoms with van der Waals surface area (Å²) in [6, 6.07) is 16.7. The lowest BCUT2D eigenvalue weighted by atomic mass is 9.85. The molecule has 7 aromatic rings. The largest absolute Gasteiger partial charge is 0.474 e. The van der Waals surface area contributed by atoms with E-state index in [1.807, 2.05) is 118 Å². The maximum atomic E-state index is 14.6. The Labute approximate surface area is 436 Å². The lowest BCUT2D eigenvalue weighted by Crippen LogP contribution is -2.50. The molecule has 1 aliphatic carbocycles. The minimum absolute atomic E-state index is 0.0341. The van der Waals surface area contributed by atoms with Crippen molar-refractivity contribution in [1.29, 1.82) is 0 Å². The SMILES string of the molecule is Cc1ncsc1-c1ccc([C@H](C)NC(=O)[C@@H]2C[C@@H](O)CN2C(=O)C(n2cc(-c3ccnc(OC4CC(NC(=O)C[C@@H]5N=C(c6ccc(Cl)cc6)c6c(sc(C)c6C)-n6c(C)nnc65)C4)c3)cn2)C(C)(C)C)cc1. The average Bonchev–Trinajstić information content (AvgIpc) is 4.19. The predicted octanol–water partition coefficient (Wildman–Crippen LogP) is 9.03. The van der Waals surface area contributed by atoms with Gasteiger partial charge in [-0.1, -0.05) is 68.8 Å². The van der Waals surface area contributed by atoms with Crippen LogP contribution in [0.2, 0.25) is 5.02 Å². The van der Waals surface area contributed by atoms with Gasteiger partial charge in [-0.25, -0.2) is 9.97 Å². The highest BCUT2D eigenvalue weighted by molar-refractivity contribution is 7.15. The number of aliphatic hydroxyl groups excluding tert-OH is 1. The summed E-state index contributed by atoms with van der Waals surface area (Å²) in [6.45, 7) is 15.9. The van der Waals surface area contributed by atoms with Crippen LogP contribution < -0.4 is 15.4 Å². The van der Waals surface area contributed by atoms with Crippen molar-refractivity contribution in [1.82, 2.24) is 50.0 Å². The first-order valence-electron chi connectivity index (χ1n) is 24.5. The van der Waals surface area contributed by atoms with Gasteiger partial charge in [0.15, 0.2) is 5.82 Å². The van der Waals surface area contributed by atoms with Crippen LogP contribution in [0.3, 0.4) is 0 Å². The number of hydrogen-bond acceptors (Lipinski definition) is 13. The molecule has 1 saturated carbocycles. The van der Waals surface area contributed by atoms with E-state index in [0.717, 1.165) is 66.1 Å². The summed E-state index contributed by atoms with van der Waals surface area (Å²) in [7, 11) is 0. The zero-order chi connectivity index (χ0) is 51.5. The number of aromatic nitrogens is 7. The number of nitrogens with one attached hydrogen (secondary N) is 2. The van der Waals surface area contributed by atoms with Gasteiger partial charge in [-0.2, -0.15) is 5.10 Å². The molecule has 378 valence electrons. The molecule has 10 rings (SSSR count). The number of nitrogens with zero attached hydrogens (tertiary/aromatic N) is 9. The number of fused-ring (bicyclic) bond motifs is 3. The smallest absolute Gasteiger partial charge is 0.248 e. The molecule has 1 unspecified atom stereocenters. The zero-order valence-corrected chi connectivity index (χ0v) is 44.3. The Morgan fingerprint density at radius 3 is 2.38 bits per heavy atom.